The van der Waals surface area contributed by atoms with Crippen LogP contribution in [0.5, 0.6) is 0 Å². The van der Waals surface area contributed by atoms with Gasteiger partial charge < -0.3 is 10.4 Å². The van der Waals surface area contributed by atoms with Crippen molar-refractivity contribution >= 4 is 0 Å². The van der Waals surface area contributed by atoms with Crippen LogP contribution in [0.15, 0.2) is 42.5 Å². The molecule has 0 aliphatic heterocycles. The van der Waals surface area contributed by atoms with Gasteiger partial charge in [0.2, 0.25) is 0 Å². The van der Waals surface area contributed by atoms with Crippen LogP contribution in [0.3, 0.4) is 0 Å². The zero-order chi connectivity index (χ0) is 15.2. The molecule has 1 atom stereocenters. The van der Waals surface area contributed by atoms with E-state index in [0.29, 0.717) is 12.5 Å². The van der Waals surface area contributed by atoms with Gasteiger partial charge in [0.25, 0.3) is 0 Å². The number of aliphatic hydroxyl groups is 1. The zero-order valence-corrected chi connectivity index (χ0v) is 11.3. The molecule has 0 fully saturated rings. The van der Waals surface area contributed by atoms with Gasteiger partial charge in [-0.1, -0.05) is 30.3 Å². The van der Waals surface area contributed by atoms with Crippen LogP contribution in [0, 0.1) is 17.5 Å². The molecule has 0 heterocycles. The van der Waals surface area contributed by atoms with Gasteiger partial charge in [0.1, 0.15) is 5.82 Å². The Morgan fingerprint density at radius 1 is 0.952 bits per heavy atom. The minimum atomic E-state index is -1.21. The van der Waals surface area contributed by atoms with Gasteiger partial charge in [0, 0.05) is 24.2 Å². The van der Waals surface area contributed by atoms with Crippen LogP contribution < -0.4 is 5.32 Å². The third-order valence-electron chi connectivity index (χ3n) is 3.22. The Morgan fingerprint density at radius 2 is 1.62 bits per heavy atom. The highest BCUT2D eigenvalue weighted by atomic mass is 19.2. The van der Waals surface area contributed by atoms with Gasteiger partial charge in [0.15, 0.2) is 11.6 Å². The molecule has 0 spiro atoms. The zero-order valence-electron chi connectivity index (χ0n) is 11.3. The fourth-order valence-electron chi connectivity index (χ4n) is 2.05. The molecule has 2 rings (SSSR count). The molecular weight excluding hydrogens is 279 g/mol. The van der Waals surface area contributed by atoms with Gasteiger partial charge in [0.05, 0.1) is 6.61 Å². The molecule has 2 nitrogen and oxygen atoms in total. The lowest BCUT2D eigenvalue weighted by molar-refractivity contribution is 0.240. The number of hydrogen-bond acceptors (Lipinski definition) is 2. The molecule has 2 aromatic rings. The van der Waals surface area contributed by atoms with E-state index >= 15 is 0 Å². The SMILES string of the molecule is OC[C@H](Cc1ccccc1)NCc1cc(F)c(F)cc1F. The standard InChI is InChI=1S/C16H16F3NO/c17-14-8-16(19)15(18)7-12(14)9-20-13(10-21)6-11-4-2-1-3-5-11/h1-5,7-8,13,20-21H,6,9-10H2/t13-/m0/s1. The van der Waals surface area contributed by atoms with Crippen molar-refractivity contribution in [2.75, 3.05) is 6.61 Å². The first-order valence-corrected chi connectivity index (χ1v) is 6.61. The average Bonchev–Trinajstić information content (AvgIpc) is 2.49. The number of hydrogen-bond donors (Lipinski definition) is 2. The number of nitrogens with one attached hydrogen (secondary N) is 1. The van der Waals surface area contributed by atoms with E-state index in [0.717, 1.165) is 11.6 Å². The Hall–Kier alpha value is -1.85. The summed E-state index contributed by atoms with van der Waals surface area (Å²) in [5.41, 5.74) is 1.05. The van der Waals surface area contributed by atoms with Gasteiger partial charge in [-0.15, -0.1) is 0 Å². The van der Waals surface area contributed by atoms with Crippen molar-refractivity contribution < 1.29 is 18.3 Å². The quantitative estimate of drug-likeness (QED) is 0.803. The molecule has 0 radical (unpaired) electrons. The Bertz CT molecular complexity index is 590. The van der Waals surface area contributed by atoms with Gasteiger partial charge >= 0.3 is 0 Å². The summed E-state index contributed by atoms with van der Waals surface area (Å²) in [6.07, 6.45) is 0.558. The topological polar surface area (TPSA) is 32.3 Å². The smallest absolute Gasteiger partial charge is 0.161 e. The van der Waals surface area contributed by atoms with Crippen molar-refractivity contribution in [3.05, 3.63) is 71.0 Å². The van der Waals surface area contributed by atoms with Crippen LogP contribution in [0.4, 0.5) is 13.2 Å². The largest absolute Gasteiger partial charge is 0.395 e. The van der Waals surface area contributed by atoms with Crippen molar-refractivity contribution in [3.63, 3.8) is 0 Å². The number of benzene rings is 2. The monoisotopic (exact) mass is 295 g/mol. The molecule has 0 saturated carbocycles. The van der Waals surface area contributed by atoms with Crippen LogP contribution in [0.2, 0.25) is 0 Å². The third-order valence-corrected chi connectivity index (χ3v) is 3.22. The van der Waals surface area contributed by atoms with E-state index in [9.17, 15) is 18.3 Å². The molecule has 0 amide bonds. The molecule has 0 saturated heterocycles. The maximum atomic E-state index is 13.5. The Kier molecular flexibility index (Phi) is 5.36. The van der Waals surface area contributed by atoms with Crippen molar-refractivity contribution in [2.45, 2.75) is 19.0 Å². The lowest BCUT2D eigenvalue weighted by atomic mass is 10.1. The molecule has 0 aromatic heterocycles. The van der Waals surface area contributed by atoms with E-state index in [-0.39, 0.29) is 24.8 Å². The first-order chi connectivity index (χ1) is 10.1. The fraction of sp³-hybridized carbons (Fsp3) is 0.250. The Labute approximate surface area is 121 Å². The predicted octanol–water partition coefficient (Wildman–Crippen LogP) is 2.80. The van der Waals surface area contributed by atoms with Gasteiger partial charge in [-0.25, -0.2) is 13.2 Å². The first kappa shape index (κ1) is 15.5. The minimum Gasteiger partial charge on any atom is -0.395 e. The van der Waals surface area contributed by atoms with E-state index in [1.165, 1.54) is 0 Å². The maximum Gasteiger partial charge on any atom is 0.161 e. The molecule has 112 valence electrons. The van der Waals surface area contributed by atoms with Gasteiger partial charge in [-0.05, 0) is 18.1 Å². The van der Waals surface area contributed by atoms with Crippen LogP contribution in [-0.2, 0) is 13.0 Å². The second-order valence-corrected chi connectivity index (χ2v) is 4.81. The van der Waals surface area contributed by atoms with E-state index in [2.05, 4.69) is 5.32 Å². The van der Waals surface area contributed by atoms with Crippen LogP contribution in [-0.4, -0.2) is 17.8 Å². The lowest BCUT2D eigenvalue weighted by Crippen LogP contribution is -2.34. The number of aliphatic hydroxyl groups excluding tert-OH is 1. The summed E-state index contributed by atoms with van der Waals surface area (Å²) in [6, 6.07) is 10.6. The Balaban J connectivity index is 1.99. The summed E-state index contributed by atoms with van der Waals surface area (Å²) in [5, 5.41) is 12.3. The summed E-state index contributed by atoms with van der Waals surface area (Å²) in [6.45, 7) is -0.124. The molecule has 0 unspecified atom stereocenters. The van der Waals surface area contributed by atoms with Crippen molar-refractivity contribution in [3.8, 4) is 0 Å². The second kappa shape index (κ2) is 7.24. The minimum absolute atomic E-state index is 0.0150. The molecule has 2 aromatic carbocycles. The first-order valence-electron chi connectivity index (χ1n) is 6.61. The van der Waals surface area contributed by atoms with Gasteiger partial charge in [-0.2, -0.15) is 0 Å². The van der Waals surface area contributed by atoms with Crippen LogP contribution in [0.1, 0.15) is 11.1 Å². The van der Waals surface area contributed by atoms with E-state index in [4.69, 9.17) is 0 Å². The van der Waals surface area contributed by atoms with Crippen molar-refractivity contribution in [1.82, 2.24) is 5.32 Å². The fourth-order valence-corrected chi connectivity index (χ4v) is 2.05. The molecule has 0 bridgehead atoms. The molecule has 0 aliphatic rings. The predicted molar refractivity (Wildman–Crippen MR) is 74.2 cm³/mol. The van der Waals surface area contributed by atoms with E-state index < -0.39 is 17.5 Å². The second-order valence-electron chi connectivity index (χ2n) is 4.81. The summed E-state index contributed by atoms with van der Waals surface area (Å²) >= 11 is 0. The Morgan fingerprint density at radius 3 is 2.29 bits per heavy atom. The third kappa shape index (κ3) is 4.31. The van der Waals surface area contributed by atoms with Crippen LogP contribution in [0.25, 0.3) is 0 Å². The van der Waals surface area contributed by atoms with E-state index in [1.807, 2.05) is 30.3 Å². The highest BCUT2D eigenvalue weighted by molar-refractivity contribution is 5.20. The summed E-state index contributed by atoms with van der Waals surface area (Å²) < 4.78 is 39.4. The number of rotatable bonds is 6. The normalized spacial score (nSPS) is 12.4. The van der Waals surface area contributed by atoms with Crippen molar-refractivity contribution in [1.29, 1.82) is 0 Å². The van der Waals surface area contributed by atoms with E-state index in [1.54, 1.807) is 0 Å². The molecular formula is C16H16F3NO. The summed E-state index contributed by atoms with van der Waals surface area (Å²) in [4.78, 5) is 0. The van der Waals surface area contributed by atoms with Gasteiger partial charge in [-0.3, -0.25) is 0 Å². The van der Waals surface area contributed by atoms with Crippen LogP contribution >= 0.6 is 0 Å². The summed E-state index contributed by atoms with van der Waals surface area (Å²) in [5.74, 6) is -3.10. The molecule has 21 heavy (non-hydrogen) atoms. The average molecular weight is 295 g/mol. The highest BCUT2D eigenvalue weighted by Gasteiger charge is 2.12. The lowest BCUT2D eigenvalue weighted by Gasteiger charge is -2.17. The molecule has 0 aliphatic carbocycles. The highest BCUT2D eigenvalue weighted by Crippen LogP contribution is 2.14. The molecule has 5 heteroatoms. The molecule has 2 N–H and O–H groups in total. The number of halogens is 3. The maximum absolute atomic E-state index is 13.5. The summed E-state index contributed by atoms with van der Waals surface area (Å²) in [7, 11) is 0. The van der Waals surface area contributed by atoms with Crippen molar-refractivity contribution in [2.24, 2.45) is 0 Å².